The lowest BCUT2D eigenvalue weighted by molar-refractivity contribution is -0.132. The fraction of sp³-hybridized carbons (Fsp3) is 0.508. The molecule has 0 radical (unpaired) electrons. The van der Waals surface area contributed by atoms with E-state index in [1.807, 2.05) is 142 Å². The first-order chi connectivity index (χ1) is 38.8. The molecule has 0 spiro atoms. The zero-order chi connectivity index (χ0) is 58.5. The minimum absolute atomic E-state index is 0. The predicted octanol–water partition coefficient (Wildman–Crippen LogP) is 11.4. The smallest absolute Gasteiger partial charge is 0.233 e. The van der Waals surface area contributed by atoms with Crippen LogP contribution >= 0.6 is 47.8 Å². The molecule has 10 rings (SSSR count). The minimum atomic E-state index is -0.0162. The number of rotatable bonds is 13. The first kappa shape index (κ1) is 66.4. The average molecular weight is 1310 g/mol. The van der Waals surface area contributed by atoms with Crippen molar-refractivity contribution in [1.29, 1.82) is 0 Å². The van der Waals surface area contributed by atoms with Crippen LogP contribution in [0, 0.1) is 5.41 Å². The molecule has 20 heteroatoms. The van der Waals surface area contributed by atoms with Gasteiger partial charge in [0.15, 0.2) is 0 Å². The third-order valence-electron chi connectivity index (χ3n) is 12.4. The van der Waals surface area contributed by atoms with Crippen molar-refractivity contribution in [3.8, 4) is 17.6 Å². The van der Waals surface area contributed by atoms with Crippen LogP contribution in [0.3, 0.4) is 0 Å². The summed E-state index contributed by atoms with van der Waals surface area (Å²) in [5.74, 6) is 2.32. The highest BCUT2D eigenvalue weighted by Gasteiger charge is 2.24. The SMILES string of the molecule is C1CCOC1.CC(C)(C)CCC(=O)N1CCCn2nc(OCc3ccccc3)cc2C1.CC(C)(C)N.O=C(Br)CBr.O=C(CBr)N1CCCn2nc(OCc3ccccc3)cc2C1.c1ccc(COc2cc3n(n2)CCCNC3)cc1. The van der Waals surface area contributed by atoms with Gasteiger partial charge >= 0.3 is 0 Å². The van der Waals surface area contributed by atoms with Crippen LogP contribution in [0.1, 0.15) is 120 Å². The number of alkyl halides is 2. The van der Waals surface area contributed by atoms with Crippen molar-refractivity contribution in [2.75, 3.05) is 43.5 Å². The van der Waals surface area contributed by atoms with Crippen LogP contribution in [0.25, 0.3) is 0 Å². The monoisotopic (exact) mass is 1310 g/mol. The van der Waals surface area contributed by atoms with Gasteiger partial charge in [0, 0.05) is 82.6 Å². The quantitative estimate of drug-likeness (QED) is 0.0824. The van der Waals surface area contributed by atoms with E-state index >= 15 is 0 Å². The van der Waals surface area contributed by atoms with Crippen LogP contribution in [0.2, 0.25) is 0 Å². The van der Waals surface area contributed by atoms with Crippen molar-refractivity contribution in [2.24, 2.45) is 11.1 Å². The molecule has 6 aromatic rings. The number of benzene rings is 3. The summed E-state index contributed by atoms with van der Waals surface area (Å²) in [5.41, 5.74) is 12.2. The number of halogens is 3. The Morgan fingerprint density at radius 3 is 1.32 bits per heavy atom. The number of hydrogen-bond donors (Lipinski definition) is 2. The van der Waals surface area contributed by atoms with Crippen LogP contribution in [0.5, 0.6) is 17.6 Å². The molecular formula is C61H85Br3N10O7. The highest BCUT2D eigenvalue weighted by molar-refractivity contribution is 9.19. The van der Waals surface area contributed by atoms with Gasteiger partial charge in [-0.1, -0.05) is 144 Å². The fourth-order valence-electron chi connectivity index (χ4n) is 8.27. The van der Waals surface area contributed by atoms with E-state index < -0.39 is 0 Å². The molecule has 3 aromatic carbocycles. The number of nitrogens with two attached hydrogens (primary N) is 1. The Morgan fingerprint density at radius 1 is 0.568 bits per heavy atom. The summed E-state index contributed by atoms with van der Waals surface area (Å²) in [6.07, 6.45) is 7.02. The summed E-state index contributed by atoms with van der Waals surface area (Å²) in [7, 11) is 0. The number of amides is 2. The highest BCUT2D eigenvalue weighted by atomic mass is 79.9. The van der Waals surface area contributed by atoms with Crippen molar-refractivity contribution in [1.82, 2.24) is 44.5 Å². The molecule has 0 bridgehead atoms. The summed E-state index contributed by atoms with van der Waals surface area (Å²) in [6, 6.07) is 36.2. The molecule has 0 saturated carbocycles. The zero-order valence-electron chi connectivity index (χ0n) is 48.3. The van der Waals surface area contributed by atoms with Gasteiger partial charge in [-0.3, -0.25) is 28.4 Å². The second-order valence-corrected chi connectivity index (χ2v) is 24.2. The van der Waals surface area contributed by atoms with Gasteiger partial charge in [0.05, 0.1) is 40.8 Å². The number of ether oxygens (including phenoxy) is 4. The topological polar surface area (TPSA) is 186 Å². The van der Waals surface area contributed by atoms with Gasteiger partial charge in [0.25, 0.3) is 0 Å². The summed E-state index contributed by atoms with van der Waals surface area (Å²) in [6.45, 7) is 23.3. The summed E-state index contributed by atoms with van der Waals surface area (Å²) in [5, 5.41) is 17.7. The molecule has 1 saturated heterocycles. The van der Waals surface area contributed by atoms with E-state index in [-0.39, 0.29) is 27.5 Å². The van der Waals surface area contributed by atoms with Gasteiger partial charge in [0.1, 0.15) is 19.8 Å². The molecule has 1 fully saturated rings. The molecular weight excluding hydrogens is 1220 g/mol. The summed E-state index contributed by atoms with van der Waals surface area (Å²) >= 11 is 8.84. The van der Waals surface area contributed by atoms with Crippen molar-refractivity contribution in [3.63, 3.8) is 0 Å². The maximum absolute atomic E-state index is 12.6. The Morgan fingerprint density at radius 2 is 0.951 bits per heavy atom. The minimum Gasteiger partial charge on any atom is -0.472 e. The van der Waals surface area contributed by atoms with Crippen molar-refractivity contribution in [3.05, 3.63) is 143 Å². The van der Waals surface area contributed by atoms with E-state index in [0.29, 0.717) is 61.8 Å². The zero-order valence-corrected chi connectivity index (χ0v) is 53.1. The first-order valence-electron chi connectivity index (χ1n) is 28.0. The van der Waals surface area contributed by atoms with Gasteiger partial charge in [-0.05, 0) is 104 Å². The molecule has 4 aliphatic heterocycles. The number of nitrogens with zero attached hydrogens (tertiary/aromatic N) is 8. The Labute approximate surface area is 505 Å². The average Bonchev–Trinajstić information content (AvgIpc) is 4.25. The van der Waals surface area contributed by atoms with Crippen molar-refractivity contribution < 1.29 is 33.3 Å². The van der Waals surface area contributed by atoms with Gasteiger partial charge in [0.2, 0.25) is 34.1 Å². The lowest BCUT2D eigenvalue weighted by atomic mass is 9.90. The molecule has 4 aliphatic rings. The van der Waals surface area contributed by atoms with E-state index in [4.69, 9.17) is 24.7 Å². The van der Waals surface area contributed by atoms with E-state index in [1.165, 1.54) is 24.1 Å². The van der Waals surface area contributed by atoms with E-state index in [0.717, 1.165) is 113 Å². The molecule has 0 atom stereocenters. The maximum Gasteiger partial charge on any atom is 0.233 e. The standard InChI is InChI=1S/C21H29N3O2.C16H18BrN3O2.C14H17N3O.C4H11N.C4H8O.C2H2Br2O/c1-21(2,3)11-10-20(25)23-12-7-13-24-18(15-23)14-19(22-24)26-16-17-8-5-4-6-9-17;17-10-16(21)19-7-4-8-20-14(11-19)9-15(18-20)22-12-13-5-2-1-3-6-13;1-2-5-12(6-3-1)11-18-14-9-13-10-15-7-4-8-17(13)16-14;1-4(2,3)5;1-2-4-5-3-1;3-1-2(4)5/h4-6,8-9,14H,7,10-13,15-16H2,1-3H3;1-3,5-6,9H,4,7-8,10-12H2;1-3,5-6,9,15H,4,7-8,10-11H2;5H2,1-3H3;1-4H2;1H2. The van der Waals surface area contributed by atoms with Crippen LogP contribution in [0.15, 0.2) is 109 Å². The molecule has 0 aliphatic carbocycles. The molecule has 3 aromatic heterocycles. The molecule has 7 heterocycles. The number of hydrogen-bond acceptors (Lipinski definition) is 12. The van der Waals surface area contributed by atoms with Crippen LogP contribution in [-0.4, -0.2) is 105 Å². The van der Waals surface area contributed by atoms with Crippen LogP contribution in [-0.2, 0) is 78.2 Å². The van der Waals surface area contributed by atoms with E-state index in [1.54, 1.807) is 0 Å². The van der Waals surface area contributed by atoms with Crippen molar-refractivity contribution in [2.45, 2.75) is 151 Å². The lowest BCUT2D eigenvalue weighted by Crippen LogP contribution is -2.31. The highest BCUT2D eigenvalue weighted by Crippen LogP contribution is 2.25. The van der Waals surface area contributed by atoms with Crippen molar-refractivity contribution >= 4 is 64.3 Å². The molecule has 0 unspecified atom stereocenters. The third kappa shape index (κ3) is 27.0. The number of carbonyl (C=O) groups excluding carboxylic acids is 3. The Balaban J connectivity index is 0.000000199. The fourth-order valence-corrected chi connectivity index (χ4v) is 8.63. The maximum atomic E-state index is 12.6. The van der Waals surface area contributed by atoms with Gasteiger partial charge in [-0.2, -0.15) is 0 Å². The lowest BCUT2D eigenvalue weighted by Gasteiger charge is -2.23. The normalized spacial score (nSPS) is 14.6. The Kier molecular flexibility index (Phi) is 29.2. The Hall–Kier alpha value is -5.38. The number of nitrogens with one attached hydrogen (secondary N) is 1. The third-order valence-corrected chi connectivity index (χ3v) is 14.4. The second kappa shape index (κ2) is 35.6. The molecule has 17 nitrogen and oxygen atoms in total. The predicted molar refractivity (Wildman–Crippen MR) is 330 cm³/mol. The molecule has 2 amide bonds. The molecule has 81 heavy (non-hydrogen) atoms. The van der Waals surface area contributed by atoms with Crippen LogP contribution < -0.4 is 25.3 Å². The molecule has 442 valence electrons. The summed E-state index contributed by atoms with van der Waals surface area (Å²) in [4.78, 5) is 38.0. The van der Waals surface area contributed by atoms with E-state index in [2.05, 4.69) is 101 Å². The van der Waals surface area contributed by atoms with Gasteiger partial charge in [-0.25, -0.2) is 0 Å². The van der Waals surface area contributed by atoms with Gasteiger partial charge < -0.3 is 39.8 Å². The molecule has 3 N–H and O–H groups in total. The van der Waals surface area contributed by atoms with Crippen LogP contribution in [0.4, 0.5) is 0 Å². The first-order valence-corrected chi connectivity index (χ1v) is 31.0. The Bertz CT molecular complexity index is 2700. The second-order valence-electron chi connectivity index (χ2n) is 22.2. The summed E-state index contributed by atoms with van der Waals surface area (Å²) < 4.78 is 28.2. The number of aromatic nitrogens is 6. The van der Waals surface area contributed by atoms with Gasteiger partial charge in [-0.15, -0.1) is 15.3 Å². The number of fused-ring (bicyclic) bond motifs is 3. The number of carbonyl (C=O) groups is 3. The van der Waals surface area contributed by atoms with E-state index in [9.17, 15) is 14.4 Å². The largest absolute Gasteiger partial charge is 0.472 e. The number of aryl methyl sites for hydroxylation is 3.